The first kappa shape index (κ1) is 22.3. The Labute approximate surface area is 182 Å². The Balaban J connectivity index is 1.45. The molecule has 1 heterocycles. The highest BCUT2D eigenvalue weighted by atomic mass is 16.5. The fourth-order valence-electron chi connectivity index (χ4n) is 3.29. The van der Waals surface area contributed by atoms with Crippen LogP contribution in [0, 0.1) is 6.92 Å². The van der Waals surface area contributed by atoms with Crippen LogP contribution in [0.25, 0.3) is 16.7 Å². The molecule has 3 rings (SSSR count). The van der Waals surface area contributed by atoms with Crippen LogP contribution in [0.3, 0.4) is 0 Å². The molecule has 1 aromatic heterocycles. The van der Waals surface area contributed by atoms with Crippen LogP contribution in [0.15, 0.2) is 49.1 Å². The molecule has 0 radical (unpaired) electrons. The van der Waals surface area contributed by atoms with Gasteiger partial charge in [-0.3, -0.25) is 0 Å². The molecule has 0 aliphatic rings. The predicted molar refractivity (Wildman–Crippen MR) is 120 cm³/mol. The van der Waals surface area contributed by atoms with E-state index in [1.54, 1.807) is 6.07 Å². The van der Waals surface area contributed by atoms with E-state index in [1.807, 2.05) is 37.3 Å². The van der Waals surface area contributed by atoms with Crippen molar-refractivity contribution >= 4 is 17.0 Å². The number of benzene rings is 2. The Kier molecular flexibility index (Phi) is 8.04. The third-order valence-electron chi connectivity index (χ3n) is 5.01. The van der Waals surface area contributed by atoms with E-state index in [0.717, 1.165) is 55.1 Å². The van der Waals surface area contributed by atoms with E-state index >= 15 is 0 Å². The van der Waals surface area contributed by atoms with E-state index in [0.29, 0.717) is 24.7 Å². The quantitative estimate of drug-likeness (QED) is 0.254. The summed E-state index contributed by atoms with van der Waals surface area (Å²) in [6.07, 6.45) is 7.20. The van der Waals surface area contributed by atoms with Gasteiger partial charge in [-0.1, -0.05) is 50.5 Å². The predicted octanol–water partition coefficient (Wildman–Crippen LogP) is 4.88. The maximum atomic E-state index is 10.9. The number of aryl methyl sites for hydroxylation is 1. The largest absolute Gasteiger partial charge is 0.503 e. The van der Waals surface area contributed by atoms with Crippen LogP contribution >= 0.6 is 0 Å². The summed E-state index contributed by atoms with van der Waals surface area (Å²) >= 11 is 0. The molecule has 0 aliphatic heterocycles. The summed E-state index contributed by atoms with van der Waals surface area (Å²) < 4.78 is 10.9. The molecule has 0 bridgehead atoms. The second-order valence-electron chi connectivity index (χ2n) is 7.40. The van der Waals surface area contributed by atoms with Crippen molar-refractivity contribution in [1.29, 1.82) is 0 Å². The first-order chi connectivity index (χ1) is 15.1. The van der Waals surface area contributed by atoms with Crippen LogP contribution < -0.4 is 4.74 Å². The number of aromatic hydroxyl groups is 1. The zero-order valence-electron chi connectivity index (χ0n) is 17.9. The Morgan fingerprint density at radius 2 is 1.61 bits per heavy atom. The van der Waals surface area contributed by atoms with Crippen LogP contribution in [0.2, 0.25) is 0 Å². The van der Waals surface area contributed by atoms with Gasteiger partial charge in [0.15, 0.2) is 11.5 Å². The summed E-state index contributed by atoms with van der Waals surface area (Å²) in [6.45, 7) is 6.26. The Hall–Kier alpha value is -3.35. The zero-order chi connectivity index (χ0) is 22.1. The summed E-state index contributed by atoms with van der Waals surface area (Å²) in [5, 5.41) is 19.6. The van der Waals surface area contributed by atoms with Gasteiger partial charge in [-0.2, -0.15) is 0 Å². The molecule has 0 saturated heterocycles. The number of rotatable bonds is 12. The number of hydrogen-bond acceptors (Lipinski definition) is 6. The minimum Gasteiger partial charge on any atom is -0.503 e. The molecule has 0 amide bonds. The van der Waals surface area contributed by atoms with Crippen molar-refractivity contribution in [2.75, 3.05) is 13.2 Å². The average Bonchev–Trinajstić information content (AvgIpc) is 3.20. The highest BCUT2D eigenvalue weighted by Gasteiger charge is 2.15. The first-order valence-electron chi connectivity index (χ1n) is 10.7. The summed E-state index contributed by atoms with van der Waals surface area (Å²) in [6, 6.07) is 11.3. The van der Waals surface area contributed by atoms with Crippen molar-refractivity contribution in [1.82, 2.24) is 15.0 Å². The fourth-order valence-corrected chi connectivity index (χ4v) is 3.29. The van der Waals surface area contributed by atoms with Crippen LogP contribution in [-0.4, -0.2) is 39.3 Å². The molecular weight excluding hydrogens is 394 g/mol. The number of nitrogens with zero attached hydrogens (tertiary/aromatic N) is 3. The van der Waals surface area contributed by atoms with Crippen molar-refractivity contribution in [3.63, 3.8) is 0 Å². The lowest BCUT2D eigenvalue weighted by Gasteiger charge is -2.13. The molecular formula is C24H29N3O4. The van der Waals surface area contributed by atoms with Gasteiger partial charge >= 0.3 is 5.97 Å². The molecule has 0 atom stereocenters. The number of carbonyl (C=O) groups is 1. The molecule has 3 aromatic rings. The molecule has 1 N–H and O–H groups in total. The third-order valence-corrected chi connectivity index (χ3v) is 5.01. The van der Waals surface area contributed by atoms with E-state index < -0.39 is 0 Å². The number of ether oxygens (including phenoxy) is 2. The van der Waals surface area contributed by atoms with Gasteiger partial charge in [0, 0.05) is 6.08 Å². The molecule has 0 unspecified atom stereocenters. The van der Waals surface area contributed by atoms with Gasteiger partial charge in [0.2, 0.25) is 0 Å². The zero-order valence-corrected chi connectivity index (χ0v) is 17.9. The monoisotopic (exact) mass is 423 g/mol. The minimum absolute atomic E-state index is 0.0503. The molecule has 0 spiro atoms. The second kappa shape index (κ2) is 11.2. The highest BCUT2D eigenvalue weighted by molar-refractivity contribution is 5.81. The Bertz CT molecular complexity index is 996. The number of phenolic OH excluding ortho intramolecular Hbond substituents is 1. The van der Waals surface area contributed by atoms with Gasteiger partial charge in [-0.05, 0) is 43.5 Å². The van der Waals surface area contributed by atoms with E-state index in [-0.39, 0.29) is 11.7 Å². The number of phenols is 1. The normalized spacial score (nSPS) is 10.9. The van der Waals surface area contributed by atoms with Gasteiger partial charge < -0.3 is 14.6 Å². The number of carbonyl (C=O) groups excluding carboxylic acids is 1. The van der Waals surface area contributed by atoms with Gasteiger partial charge in [-0.15, -0.1) is 15.0 Å². The van der Waals surface area contributed by atoms with Crippen molar-refractivity contribution in [3.8, 4) is 17.2 Å². The molecule has 0 fully saturated rings. The van der Waals surface area contributed by atoms with Crippen molar-refractivity contribution in [3.05, 3.63) is 54.6 Å². The Morgan fingerprint density at radius 3 is 2.26 bits per heavy atom. The van der Waals surface area contributed by atoms with Gasteiger partial charge in [0.25, 0.3) is 0 Å². The lowest BCUT2D eigenvalue weighted by molar-refractivity contribution is -0.137. The molecule has 164 valence electrons. The van der Waals surface area contributed by atoms with Crippen LogP contribution in [-0.2, 0) is 9.53 Å². The molecule has 7 nitrogen and oxygen atoms in total. The lowest BCUT2D eigenvalue weighted by atomic mass is 10.1. The first-order valence-corrected chi connectivity index (χ1v) is 10.7. The van der Waals surface area contributed by atoms with Crippen LogP contribution in [0.4, 0.5) is 0 Å². The van der Waals surface area contributed by atoms with E-state index in [2.05, 4.69) is 16.8 Å². The van der Waals surface area contributed by atoms with Crippen molar-refractivity contribution in [2.45, 2.75) is 45.4 Å². The maximum Gasteiger partial charge on any atom is 0.330 e. The molecule has 31 heavy (non-hydrogen) atoms. The Morgan fingerprint density at radius 1 is 1.00 bits per heavy atom. The number of esters is 1. The topological polar surface area (TPSA) is 86.5 Å². The number of hydrogen-bond donors (Lipinski definition) is 1. The van der Waals surface area contributed by atoms with E-state index in [1.165, 1.54) is 10.9 Å². The summed E-state index contributed by atoms with van der Waals surface area (Å²) in [4.78, 5) is 12.4. The van der Waals surface area contributed by atoms with Crippen LogP contribution in [0.1, 0.15) is 44.1 Å². The lowest BCUT2D eigenvalue weighted by Crippen LogP contribution is -2.04. The molecule has 0 saturated carbocycles. The second-order valence-corrected chi connectivity index (χ2v) is 7.40. The summed E-state index contributed by atoms with van der Waals surface area (Å²) in [5.41, 5.74) is 2.90. The van der Waals surface area contributed by atoms with Crippen LogP contribution in [0.5, 0.6) is 11.5 Å². The van der Waals surface area contributed by atoms with E-state index in [4.69, 9.17) is 9.47 Å². The maximum absolute atomic E-state index is 10.9. The van der Waals surface area contributed by atoms with Crippen molar-refractivity contribution < 1.29 is 19.4 Å². The standard InChI is InChI=1S/C24H29N3O4/c1-3-22(28)30-16-10-6-4-5-7-11-17-31-24-18(2)14-15-21(23(24)29)27-25-19-12-8-9-13-20(19)26-27/h3,8-9,12-15,29H,1,4-7,10-11,16-17H2,2H3. The van der Waals surface area contributed by atoms with Gasteiger partial charge in [0.1, 0.15) is 16.7 Å². The van der Waals surface area contributed by atoms with Crippen molar-refractivity contribution in [2.24, 2.45) is 0 Å². The summed E-state index contributed by atoms with van der Waals surface area (Å²) in [5.74, 6) is 0.161. The SMILES string of the molecule is C=CC(=O)OCCCCCCCCOc1c(C)ccc(-n2nc3ccccc3n2)c1O. The molecule has 0 aliphatic carbocycles. The minimum atomic E-state index is -0.364. The van der Waals surface area contributed by atoms with Gasteiger partial charge in [-0.25, -0.2) is 4.79 Å². The van der Waals surface area contributed by atoms with E-state index in [9.17, 15) is 9.90 Å². The molecule has 2 aromatic carbocycles. The molecule has 7 heteroatoms. The summed E-state index contributed by atoms with van der Waals surface area (Å²) in [7, 11) is 0. The third kappa shape index (κ3) is 6.07. The van der Waals surface area contributed by atoms with Gasteiger partial charge in [0.05, 0.1) is 13.2 Å². The smallest absolute Gasteiger partial charge is 0.330 e. The number of aromatic nitrogens is 3. The fraction of sp³-hybridized carbons (Fsp3) is 0.375. The number of fused-ring (bicyclic) bond motifs is 1. The average molecular weight is 424 g/mol. The number of unbranched alkanes of at least 4 members (excludes halogenated alkanes) is 5. The highest BCUT2D eigenvalue weighted by Crippen LogP contribution is 2.35.